The molecule has 1 amide bonds. The Morgan fingerprint density at radius 2 is 1.80 bits per heavy atom. The second kappa shape index (κ2) is 8.10. The minimum absolute atomic E-state index is 0.0108. The number of hydrogen-bond acceptors (Lipinski definition) is 4. The van der Waals surface area contributed by atoms with Crippen LogP contribution in [-0.4, -0.2) is 26.4 Å². The number of anilines is 1. The fourth-order valence-corrected chi connectivity index (χ4v) is 3.74. The number of nitrogens with one attached hydrogen (secondary N) is 1. The van der Waals surface area contributed by atoms with Gasteiger partial charge in [-0.2, -0.15) is 13.2 Å². The zero-order valence-electron chi connectivity index (χ0n) is 15.5. The van der Waals surface area contributed by atoms with Gasteiger partial charge in [0.2, 0.25) is 5.91 Å². The average Bonchev–Trinajstić information content (AvgIpc) is 3.46. The highest BCUT2D eigenvalue weighted by molar-refractivity contribution is 7.99. The second-order valence-corrected chi connectivity index (χ2v) is 7.74. The fraction of sp³-hybridized carbons (Fsp3) is 0.250. The van der Waals surface area contributed by atoms with Gasteiger partial charge in [0.15, 0.2) is 11.0 Å². The van der Waals surface area contributed by atoms with Crippen molar-refractivity contribution in [2.45, 2.75) is 30.2 Å². The Balaban J connectivity index is 1.44. The molecule has 0 unspecified atom stereocenters. The van der Waals surface area contributed by atoms with Gasteiger partial charge in [-0.15, -0.1) is 10.2 Å². The van der Waals surface area contributed by atoms with E-state index in [0.29, 0.717) is 16.5 Å². The Labute approximate surface area is 173 Å². The first kappa shape index (κ1) is 20.4. The molecule has 1 aliphatic carbocycles. The molecule has 0 atom stereocenters. The summed E-state index contributed by atoms with van der Waals surface area (Å²) in [4.78, 5) is 12.2. The first-order valence-corrected chi connectivity index (χ1v) is 10.1. The molecule has 3 aromatic rings. The van der Waals surface area contributed by atoms with E-state index >= 15 is 0 Å². The van der Waals surface area contributed by atoms with Gasteiger partial charge in [0.25, 0.3) is 0 Å². The van der Waals surface area contributed by atoms with Gasteiger partial charge in [-0.3, -0.25) is 9.36 Å². The lowest BCUT2D eigenvalue weighted by Crippen LogP contribution is -2.15. The molecule has 2 aromatic carbocycles. The van der Waals surface area contributed by atoms with Crippen LogP contribution in [0.3, 0.4) is 0 Å². The third kappa shape index (κ3) is 4.48. The third-order valence-corrected chi connectivity index (χ3v) is 5.46. The number of aromatic nitrogens is 3. The molecule has 156 valence electrons. The topological polar surface area (TPSA) is 59.8 Å². The highest BCUT2D eigenvalue weighted by atomic mass is 32.2. The van der Waals surface area contributed by atoms with Crippen molar-refractivity contribution >= 4 is 23.4 Å². The predicted molar refractivity (Wildman–Crippen MR) is 104 cm³/mol. The molecule has 0 saturated heterocycles. The van der Waals surface area contributed by atoms with Crippen molar-refractivity contribution in [1.82, 2.24) is 14.8 Å². The number of carbonyl (C=O) groups is 1. The van der Waals surface area contributed by atoms with E-state index in [4.69, 9.17) is 0 Å². The van der Waals surface area contributed by atoms with E-state index in [1.54, 1.807) is 18.2 Å². The molecule has 4 rings (SSSR count). The molecule has 1 aliphatic rings. The number of benzene rings is 2. The van der Waals surface area contributed by atoms with Crippen molar-refractivity contribution in [1.29, 1.82) is 0 Å². The van der Waals surface area contributed by atoms with Gasteiger partial charge < -0.3 is 5.32 Å². The van der Waals surface area contributed by atoms with Gasteiger partial charge in [0.1, 0.15) is 5.82 Å². The summed E-state index contributed by atoms with van der Waals surface area (Å²) in [7, 11) is 0. The summed E-state index contributed by atoms with van der Waals surface area (Å²) in [6, 6.07) is 10.7. The second-order valence-electron chi connectivity index (χ2n) is 6.80. The maximum Gasteiger partial charge on any atom is 0.416 e. The molecular formula is C20H16F4N4OS. The van der Waals surface area contributed by atoms with Crippen LogP contribution in [0, 0.1) is 5.82 Å². The molecule has 0 spiro atoms. The summed E-state index contributed by atoms with van der Waals surface area (Å²) in [6.07, 6.45) is -2.59. The number of rotatable bonds is 6. The van der Waals surface area contributed by atoms with Crippen molar-refractivity contribution < 1.29 is 22.4 Å². The Morgan fingerprint density at radius 1 is 1.10 bits per heavy atom. The van der Waals surface area contributed by atoms with E-state index in [9.17, 15) is 22.4 Å². The fourth-order valence-electron chi connectivity index (χ4n) is 2.93. The van der Waals surface area contributed by atoms with Crippen LogP contribution in [0.1, 0.15) is 24.4 Å². The average molecular weight is 436 g/mol. The smallest absolute Gasteiger partial charge is 0.325 e. The Morgan fingerprint density at radius 3 is 2.43 bits per heavy atom. The Bertz CT molecular complexity index is 1060. The Hall–Kier alpha value is -2.88. The lowest BCUT2D eigenvalue weighted by Gasteiger charge is -2.10. The summed E-state index contributed by atoms with van der Waals surface area (Å²) in [6.45, 7) is 0. The molecule has 1 N–H and O–H groups in total. The molecule has 1 saturated carbocycles. The number of nitrogens with zero attached hydrogens (tertiary/aromatic N) is 3. The van der Waals surface area contributed by atoms with Gasteiger partial charge in [-0.1, -0.05) is 23.9 Å². The molecule has 1 aromatic heterocycles. The number of alkyl halides is 3. The van der Waals surface area contributed by atoms with Crippen LogP contribution in [0.4, 0.5) is 23.2 Å². The van der Waals surface area contributed by atoms with Crippen LogP contribution in [0.5, 0.6) is 0 Å². The van der Waals surface area contributed by atoms with Crippen molar-refractivity contribution in [3.63, 3.8) is 0 Å². The first-order chi connectivity index (χ1) is 14.3. The molecule has 5 nitrogen and oxygen atoms in total. The van der Waals surface area contributed by atoms with E-state index < -0.39 is 23.5 Å². The van der Waals surface area contributed by atoms with Crippen molar-refractivity contribution in [3.05, 3.63) is 59.9 Å². The predicted octanol–water partition coefficient (Wildman–Crippen LogP) is 5.17. The standard InChI is InChI=1S/C20H16F4N4OS/c21-16-4-2-1-3-15(16)18-26-27-19(28(18)14-9-10-14)30-11-17(29)25-13-7-5-12(6-8-13)20(22,23)24/h1-8,14H,9-11H2,(H,25,29). The maximum absolute atomic E-state index is 14.2. The molecule has 10 heteroatoms. The van der Waals surface area contributed by atoms with E-state index in [0.717, 1.165) is 36.7 Å². The summed E-state index contributed by atoms with van der Waals surface area (Å²) in [5, 5.41) is 11.3. The molecular weight excluding hydrogens is 420 g/mol. The summed E-state index contributed by atoms with van der Waals surface area (Å²) in [5.74, 6) is -0.384. The van der Waals surface area contributed by atoms with E-state index in [2.05, 4.69) is 15.5 Å². The lowest BCUT2D eigenvalue weighted by atomic mass is 10.2. The van der Waals surface area contributed by atoms with Crippen LogP contribution in [0.25, 0.3) is 11.4 Å². The first-order valence-electron chi connectivity index (χ1n) is 9.12. The summed E-state index contributed by atoms with van der Waals surface area (Å²) in [5.41, 5.74) is -0.171. The van der Waals surface area contributed by atoms with Crippen molar-refractivity contribution in [2.75, 3.05) is 11.1 Å². The molecule has 30 heavy (non-hydrogen) atoms. The zero-order valence-corrected chi connectivity index (χ0v) is 16.3. The normalized spacial score (nSPS) is 14.0. The highest BCUT2D eigenvalue weighted by Crippen LogP contribution is 2.41. The van der Waals surface area contributed by atoms with Crippen molar-refractivity contribution in [2.24, 2.45) is 0 Å². The molecule has 0 aliphatic heterocycles. The zero-order chi connectivity index (χ0) is 21.3. The number of halogens is 4. The largest absolute Gasteiger partial charge is 0.416 e. The Kier molecular flexibility index (Phi) is 5.50. The van der Waals surface area contributed by atoms with E-state index in [1.807, 2.05) is 4.57 Å². The van der Waals surface area contributed by atoms with Gasteiger partial charge in [0, 0.05) is 11.7 Å². The van der Waals surface area contributed by atoms with Crippen LogP contribution in [-0.2, 0) is 11.0 Å². The number of thioether (sulfide) groups is 1. The lowest BCUT2D eigenvalue weighted by molar-refractivity contribution is -0.137. The van der Waals surface area contributed by atoms with E-state index in [-0.39, 0.29) is 17.5 Å². The van der Waals surface area contributed by atoms with Crippen LogP contribution >= 0.6 is 11.8 Å². The highest BCUT2D eigenvalue weighted by Gasteiger charge is 2.31. The van der Waals surface area contributed by atoms with Gasteiger partial charge in [-0.05, 0) is 49.2 Å². The summed E-state index contributed by atoms with van der Waals surface area (Å²) < 4.78 is 53.9. The molecule has 1 fully saturated rings. The minimum Gasteiger partial charge on any atom is -0.325 e. The summed E-state index contributed by atoms with van der Waals surface area (Å²) >= 11 is 1.15. The SMILES string of the molecule is O=C(CSc1nnc(-c2ccccc2F)n1C1CC1)Nc1ccc(C(F)(F)F)cc1. The quantitative estimate of drug-likeness (QED) is 0.428. The molecule has 1 heterocycles. The number of hydrogen-bond donors (Lipinski definition) is 1. The van der Waals surface area contributed by atoms with Gasteiger partial charge in [0.05, 0.1) is 16.9 Å². The molecule has 0 radical (unpaired) electrons. The van der Waals surface area contributed by atoms with Crippen molar-refractivity contribution in [3.8, 4) is 11.4 Å². The monoisotopic (exact) mass is 436 g/mol. The number of amides is 1. The van der Waals surface area contributed by atoms with Crippen LogP contribution in [0.15, 0.2) is 53.7 Å². The minimum atomic E-state index is -4.43. The van der Waals surface area contributed by atoms with Crippen LogP contribution in [0.2, 0.25) is 0 Å². The van der Waals surface area contributed by atoms with E-state index in [1.165, 1.54) is 18.2 Å². The van der Waals surface area contributed by atoms with Crippen LogP contribution < -0.4 is 5.32 Å². The number of carbonyl (C=O) groups excluding carboxylic acids is 1. The van der Waals surface area contributed by atoms with Gasteiger partial charge >= 0.3 is 6.18 Å². The maximum atomic E-state index is 14.2. The third-order valence-electron chi connectivity index (χ3n) is 4.52. The van der Waals surface area contributed by atoms with Gasteiger partial charge in [-0.25, -0.2) is 4.39 Å². The molecule has 0 bridgehead atoms.